The molecule has 5 nitrogen and oxygen atoms in total. The SMILES string of the molecule is C=C1C=CC=C(c2ccc(CN3CCCC(F)C3)cc2)N1/N=C(\C)NC(=O)C1CC1. The van der Waals surface area contributed by atoms with Gasteiger partial charge in [-0.1, -0.05) is 36.9 Å². The van der Waals surface area contributed by atoms with Crippen LogP contribution in [0.2, 0.25) is 0 Å². The Morgan fingerprint density at radius 1 is 1.27 bits per heavy atom. The maximum atomic E-state index is 13.6. The predicted octanol–water partition coefficient (Wildman–Crippen LogP) is 4.21. The minimum Gasteiger partial charge on any atom is -0.313 e. The third kappa shape index (κ3) is 5.05. The summed E-state index contributed by atoms with van der Waals surface area (Å²) < 4.78 is 13.6. The van der Waals surface area contributed by atoms with Crippen LogP contribution in [-0.4, -0.2) is 40.9 Å². The molecule has 2 heterocycles. The molecular weight excluding hydrogens is 379 g/mol. The molecule has 1 saturated carbocycles. The molecule has 1 aromatic carbocycles. The highest BCUT2D eigenvalue weighted by Gasteiger charge is 2.30. The van der Waals surface area contributed by atoms with Crippen LogP contribution in [0.4, 0.5) is 4.39 Å². The number of amides is 1. The van der Waals surface area contributed by atoms with Crippen molar-refractivity contribution in [1.29, 1.82) is 0 Å². The zero-order valence-electron chi connectivity index (χ0n) is 17.5. The number of allylic oxidation sites excluding steroid dienone is 3. The lowest BCUT2D eigenvalue weighted by Gasteiger charge is -2.29. The van der Waals surface area contributed by atoms with E-state index in [1.165, 1.54) is 5.56 Å². The first-order valence-corrected chi connectivity index (χ1v) is 10.7. The van der Waals surface area contributed by atoms with Gasteiger partial charge in [0.05, 0.1) is 11.4 Å². The monoisotopic (exact) mass is 408 g/mol. The molecule has 0 bridgehead atoms. The molecule has 1 saturated heterocycles. The van der Waals surface area contributed by atoms with Gasteiger partial charge in [-0.3, -0.25) is 9.69 Å². The van der Waals surface area contributed by atoms with E-state index in [2.05, 4.69) is 46.2 Å². The van der Waals surface area contributed by atoms with Crippen molar-refractivity contribution in [1.82, 2.24) is 15.2 Å². The van der Waals surface area contributed by atoms with Gasteiger partial charge in [-0.15, -0.1) is 0 Å². The number of carbonyl (C=O) groups is 1. The smallest absolute Gasteiger partial charge is 0.228 e. The Hall–Kier alpha value is -2.73. The molecule has 30 heavy (non-hydrogen) atoms. The Balaban J connectivity index is 1.46. The number of piperidine rings is 1. The van der Waals surface area contributed by atoms with E-state index in [4.69, 9.17) is 0 Å². The molecule has 4 rings (SSSR count). The van der Waals surface area contributed by atoms with Crippen molar-refractivity contribution in [2.75, 3.05) is 13.1 Å². The molecule has 2 fully saturated rings. The van der Waals surface area contributed by atoms with Crippen LogP contribution < -0.4 is 5.32 Å². The Labute approximate surface area is 177 Å². The van der Waals surface area contributed by atoms with Crippen molar-refractivity contribution in [3.05, 3.63) is 65.9 Å². The number of carbonyl (C=O) groups excluding carboxylic acids is 1. The minimum absolute atomic E-state index is 0.0394. The fourth-order valence-corrected chi connectivity index (χ4v) is 3.87. The van der Waals surface area contributed by atoms with E-state index in [0.29, 0.717) is 18.8 Å². The summed E-state index contributed by atoms with van der Waals surface area (Å²) in [5, 5.41) is 9.24. The molecule has 0 radical (unpaired) electrons. The number of hydrogen-bond donors (Lipinski definition) is 1. The summed E-state index contributed by atoms with van der Waals surface area (Å²) in [4.78, 5) is 14.2. The molecular formula is C24H29FN4O. The normalized spacial score (nSPS) is 22.8. The van der Waals surface area contributed by atoms with Gasteiger partial charge in [-0.05, 0) is 56.9 Å². The largest absolute Gasteiger partial charge is 0.313 e. The van der Waals surface area contributed by atoms with Crippen LogP contribution in [0.3, 0.4) is 0 Å². The van der Waals surface area contributed by atoms with Crippen molar-refractivity contribution in [3.8, 4) is 0 Å². The van der Waals surface area contributed by atoms with E-state index >= 15 is 0 Å². The van der Waals surface area contributed by atoms with E-state index < -0.39 is 6.17 Å². The van der Waals surface area contributed by atoms with E-state index in [-0.39, 0.29) is 11.8 Å². The third-order valence-corrected chi connectivity index (χ3v) is 5.65. The van der Waals surface area contributed by atoms with Crippen molar-refractivity contribution < 1.29 is 9.18 Å². The van der Waals surface area contributed by atoms with Crippen LogP contribution in [0.5, 0.6) is 0 Å². The standard InChI is InChI=1S/C24H29FN4O/c1-17-5-3-7-23(29(17)27-18(2)26-24(30)21-12-13-21)20-10-8-19(9-11-20)15-28-14-4-6-22(25)16-28/h3,5,7-11,21-22H,1,4,6,12-16H2,2H3,(H,26,27,30). The Morgan fingerprint density at radius 3 is 2.73 bits per heavy atom. The van der Waals surface area contributed by atoms with Crippen molar-refractivity contribution in [2.24, 2.45) is 11.0 Å². The first-order chi connectivity index (χ1) is 14.5. The summed E-state index contributed by atoms with van der Waals surface area (Å²) in [5.41, 5.74) is 3.81. The third-order valence-electron chi connectivity index (χ3n) is 5.65. The van der Waals surface area contributed by atoms with E-state index in [1.54, 1.807) is 11.9 Å². The van der Waals surface area contributed by atoms with Gasteiger partial charge < -0.3 is 5.32 Å². The van der Waals surface area contributed by atoms with Gasteiger partial charge in [0.2, 0.25) is 5.91 Å². The molecule has 1 N–H and O–H groups in total. The van der Waals surface area contributed by atoms with Crippen LogP contribution in [-0.2, 0) is 11.3 Å². The number of amidine groups is 1. The molecule has 3 aliphatic rings. The summed E-state index contributed by atoms with van der Waals surface area (Å²) >= 11 is 0. The lowest BCUT2D eigenvalue weighted by molar-refractivity contribution is -0.120. The van der Waals surface area contributed by atoms with Gasteiger partial charge in [-0.2, -0.15) is 5.10 Å². The summed E-state index contributed by atoms with van der Waals surface area (Å²) in [5.74, 6) is 0.726. The molecule has 0 spiro atoms. The lowest BCUT2D eigenvalue weighted by Crippen LogP contribution is -2.35. The first-order valence-electron chi connectivity index (χ1n) is 10.7. The summed E-state index contributed by atoms with van der Waals surface area (Å²) in [6.45, 7) is 8.12. The maximum absolute atomic E-state index is 13.6. The number of rotatable bonds is 5. The van der Waals surface area contributed by atoms with Gasteiger partial charge in [0, 0.05) is 24.6 Å². The fraction of sp³-hybridized carbons (Fsp3) is 0.417. The zero-order chi connectivity index (χ0) is 21.1. The number of benzene rings is 1. The van der Waals surface area contributed by atoms with Gasteiger partial charge >= 0.3 is 0 Å². The molecule has 6 heteroatoms. The molecule has 2 aliphatic heterocycles. The minimum atomic E-state index is -0.710. The Morgan fingerprint density at radius 2 is 2.03 bits per heavy atom. The number of hydrazone groups is 1. The lowest BCUT2D eigenvalue weighted by atomic mass is 10.0. The van der Waals surface area contributed by atoms with Crippen LogP contribution in [0.15, 0.2) is 59.9 Å². The van der Waals surface area contributed by atoms with Crippen LogP contribution in [0, 0.1) is 5.92 Å². The number of nitrogens with zero attached hydrogens (tertiary/aromatic N) is 3. The van der Waals surface area contributed by atoms with Gasteiger partial charge in [0.25, 0.3) is 0 Å². The average molecular weight is 409 g/mol. The summed E-state index contributed by atoms with van der Waals surface area (Å²) in [6, 6.07) is 8.29. The Kier molecular flexibility index (Phi) is 6.13. The average Bonchev–Trinajstić information content (AvgIpc) is 3.56. The van der Waals surface area contributed by atoms with Gasteiger partial charge in [0.15, 0.2) is 0 Å². The number of nitrogens with one attached hydrogen (secondary N) is 1. The van der Waals surface area contributed by atoms with Crippen LogP contribution in [0.25, 0.3) is 5.70 Å². The molecule has 0 aromatic heterocycles. The second-order valence-electron chi connectivity index (χ2n) is 8.33. The van der Waals surface area contributed by atoms with Crippen molar-refractivity contribution in [2.45, 2.75) is 45.3 Å². The number of halogens is 1. The summed E-state index contributed by atoms with van der Waals surface area (Å²) in [6.07, 6.45) is 8.63. The number of alkyl halides is 1. The van der Waals surface area contributed by atoms with E-state index in [9.17, 15) is 9.18 Å². The predicted molar refractivity (Wildman–Crippen MR) is 118 cm³/mol. The molecule has 1 atom stereocenters. The molecule has 158 valence electrons. The highest BCUT2D eigenvalue weighted by Crippen LogP contribution is 2.30. The molecule has 1 unspecified atom stereocenters. The molecule has 1 aromatic rings. The number of hydrogen-bond acceptors (Lipinski definition) is 4. The fourth-order valence-electron chi connectivity index (χ4n) is 3.87. The van der Waals surface area contributed by atoms with E-state index in [1.807, 2.05) is 18.2 Å². The molecule has 1 amide bonds. The summed E-state index contributed by atoms with van der Waals surface area (Å²) in [7, 11) is 0. The van der Waals surface area contributed by atoms with Crippen molar-refractivity contribution in [3.63, 3.8) is 0 Å². The van der Waals surface area contributed by atoms with Gasteiger partial charge in [0.1, 0.15) is 12.0 Å². The van der Waals surface area contributed by atoms with Crippen molar-refractivity contribution >= 4 is 17.4 Å². The Bertz CT molecular complexity index is 898. The first kappa shape index (κ1) is 20.5. The highest BCUT2D eigenvalue weighted by molar-refractivity contribution is 5.98. The quantitative estimate of drug-likeness (QED) is 0.587. The topological polar surface area (TPSA) is 47.9 Å². The highest BCUT2D eigenvalue weighted by atomic mass is 19.1. The maximum Gasteiger partial charge on any atom is 0.228 e. The second-order valence-corrected chi connectivity index (χ2v) is 8.33. The van der Waals surface area contributed by atoms with Crippen LogP contribution in [0.1, 0.15) is 43.7 Å². The van der Waals surface area contributed by atoms with E-state index in [0.717, 1.165) is 49.3 Å². The molecule has 1 aliphatic carbocycles. The number of likely N-dealkylation sites (tertiary alicyclic amines) is 1. The zero-order valence-corrected chi connectivity index (χ0v) is 17.5. The van der Waals surface area contributed by atoms with Crippen LogP contribution >= 0.6 is 0 Å². The van der Waals surface area contributed by atoms with Gasteiger partial charge in [-0.25, -0.2) is 9.40 Å². The second kappa shape index (κ2) is 8.96.